The predicted octanol–water partition coefficient (Wildman–Crippen LogP) is 4.35. The number of hydrogen-bond acceptors (Lipinski definition) is 5. The Morgan fingerprint density at radius 2 is 2.04 bits per heavy atom. The molecule has 7 nitrogen and oxygen atoms in total. The molecule has 0 aliphatic carbocycles. The minimum Gasteiger partial charge on any atom is -0.443 e. The molecule has 0 saturated carbocycles. The first kappa shape index (κ1) is 18.5. The van der Waals surface area contributed by atoms with Gasteiger partial charge in [0.05, 0.1) is 12.1 Å². The second-order valence-corrected chi connectivity index (χ2v) is 8.29. The number of anilines is 1. The molecular weight excluding hydrogens is 354 g/mol. The van der Waals surface area contributed by atoms with Crippen LogP contribution >= 0.6 is 0 Å². The Hall–Kier alpha value is -2.83. The van der Waals surface area contributed by atoms with Crippen LogP contribution in [0, 0.1) is 0 Å². The maximum Gasteiger partial charge on any atom is 0.418 e. The molecule has 1 aromatic carbocycles. The lowest BCUT2D eigenvalue weighted by Gasteiger charge is -2.19. The average Bonchev–Trinajstić information content (AvgIpc) is 3.15. The molecule has 4 rings (SSSR count). The number of carbonyl (C=O) groups is 1. The molecule has 148 valence electrons. The van der Waals surface area contributed by atoms with Crippen molar-refractivity contribution >= 4 is 22.7 Å². The molecule has 1 N–H and O–H groups in total. The summed E-state index contributed by atoms with van der Waals surface area (Å²) in [4.78, 5) is 12.4. The molecule has 0 fully saturated rings. The Bertz CT molecular complexity index is 996. The number of rotatable bonds is 3. The molecule has 0 saturated heterocycles. The van der Waals surface area contributed by atoms with Crippen LogP contribution in [0.3, 0.4) is 0 Å². The number of ether oxygens (including phenoxy) is 1. The third-order valence-corrected chi connectivity index (χ3v) is 4.92. The first-order valence-corrected chi connectivity index (χ1v) is 9.90. The van der Waals surface area contributed by atoms with Crippen LogP contribution in [0.4, 0.5) is 10.5 Å². The highest BCUT2D eigenvalue weighted by Crippen LogP contribution is 2.23. The summed E-state index contributed by atoms with van der Waals surface area (Å²) in [7, 11) is 0. The molecule has 0 spiro atoms. The Morgan fingerprint density at radius 3 is 2.86 bits per heavy atom. The van der Waals surface area contributed by atoms with Crippen molar-refractivity contribution in [3.63, 3.8) is 0 Å². The molecule has 0 amide bonds. The van der Waals surface area contributed by atoms with Crippen molar-refractivity contribution in [2.45, 2.75) is 65.1 Å². The van der Waals surface area contributed by atoms with Crippen molar-refractivity contribution in [1.82, 2.24) is 19.3 Å². The molecule has 0 unspecified atom stereocenters. The first-order valence-electron chi connectivity index (χ1n) is 9.90. The lowest BCUT2D eigenvalue weighted by Crippen LogP contribution is -2.26. The van der Waals surface area contributed by atoms with Gasteiger partial charge < -0.3 is 14.6 Å². The number of benzene rings is 1. The van der Waals surface area contributed by atoms with E-state index >= 15 is 0 Å². The van der Waals surface area contributed by atoms with Crippen molar-refractivity contribution in [3.8, 4) is 0 Å². The fraction of sp³-hybridized carbons (Fsp3) is 0.476. The van der Waals surface area contributed by atoms with Gasteiger partial charge in [0.25, 0.3) is 0 Å². The number of nitrogens with one attached hydrogen (secondary N) is 1. The van der Waals surface area contributed by atoms with E-state index < -0.39 is 5.60 Å². The second-order valence-electron chi connectivity index (χ2n) is 8.29. The molecule has 7 heteroatoms. The van der Waals surface area contributed by atoms with Gasteiger partial charge in [-0.2, -0.15) is 0 Å². The number of hydrogen-bond donors (Lipinski definition) is 1. The van der Waals surface area contributed by atoms with Gasteiger partial charge in [-0.15, -0.1) is 10.2 Å². The van der Waals surface area contributed by atoms with Gasteiger partial charge in [-0.05, 0) is 57.9 Å². The van der Waals surface area contributed by atoms with E-state index in [0.29, 0.717) is 6.54 Å². The Balaban J connectivity index is 1.49. The summed E-state index contributed by atoms with van der Waals surface area (Å²) in [6, 6.07) is 7.87. The van der Waals surface area contributed by atoms with E-state index in [1.165, 1.54) is 19.3 Å². The SMILES string of the molecule is CC(C)(C)OC(=O)n1ccc2cc(NCc3nnc4n3CCCCC4)ccc21. The predicted molar refractivity (Wildman–Crippen MR) is 108 cm³/mol. The zero-order chi connectivity index (χ0) is 19.7. The van der Waals surface area contributed by atoms with Crippen molar-refractivity contribution < 1.29 is 9.53 Å². The second kappa shape index (κ2) is 7.30. The van der Waals surface area contributed by atoms with Gasteiger partial charge in [0, 0.05) is 30.2 Å². The van der Waals surface area contributed by atoms with Gasteiger partial charge in [0.15, 0.2) is 5.82 Å². The highest BCUT2D eigenvalue weighted by atomic mass is 16.6. The highest BCUT2D eigenvalue weighted by molar-refractivity contribution is 5.91. The van der Waals surface area contributed by atoms with Crippen LogP contribution in [0.15, 0.2) is 30.5 Å². The van der Waals surface area contributed by atoms with E-state index in [1.54, 1.807) is 10.8 Å². The molecule has 0 atom stereocenters. The van der Waals surface area contributed by atoms with Crippen molar-refractivity contribution in [3.05, 3.63) is 42.1 Å². The fourth-order valence-electron chi connectivity index (χ4n) is 3.58. The molecule has 3 aromatic rings. The maximum absolute atomic E-state index is 12.4. The van der Waals surface area contributed by atoms with Crippen LogP contribution in [0.25, 0.3) is 10.9 Å². The normalized spacial score (nSPS) is 14.5. The molecule has 3 heterocycles. The summed E-state index contributed by atoms with van der Waals surface area (Å²) >= 11 is 0. The monoisotopic (exact) mass is 381 g/mol. The van der Waals surface area contributed by atoms with Crippen molar-refractivity contribution in [1.29, 1.82) is 0 Å². The standard InChI is InChI=1S/C21H27N5O2/c1-21(2,3)28-20(27)25-12-10-15-13-16(8-9-17(15)25)22-14-19-24-23-18-7-5-4-6-11-26(18)19/h8-10,12-13,22H,4-7,11,14H2,1-3H3. The average molecular weight is 381 g/mol. The van der Waals surface area contributed by atoms with Crippen molar-refractivity contribution in [2.75, 3.05) is 5.32 Å². The van der Waals surface area contributed by atoms with Gasteiger partial charge in [0.1, 0.15) is 11.4 Å². The minimum atomic E-state index is -0.522. The molecule has 28 heavy (non-hydrogen) atoms. The van der Waals surface area contributed by atoms with Crippen LogP contribution in [-0.2, 0) is 24.2 Å². The lowest BCUT2D eigenvalue weighted by molar-refractivity contribution is 0.0544. The molecular formula is C21H27N5O2. The topological polar surface area (TPSA) is 74.0 Å². The summed E-state index contributed by atoms with van der Waals surface area (Å²) in [5.41, 5.74) is 1.29. The zero-order valence-electron chi connectivity index (χ0n) is 16.7. The van der Waals surface area contributed by atoms with Crippen LogP contribution < -0.4 is 5.32 Å². The smallest absolute Gasteiger partial charge is 0.418 e. The molecule has 0 radical (unpaired) electrons. The molecule has 2 aromatic heterocycles. The number of carbonyl (C=O) groups excluding carboxylic acids is 1. The number of fused-ring (bicyclic) bond motifs is 2. The fourth-order valence-corrected chi connectivity index (χ4v) is 3.58. The van der Waals surface area contributed by atoms with Crippen LogP contribution in [-0.4, -0.2) is 31.0 Å². The van der Waals surface area contributed by atoms with E-state index in [4.69, 9.17) is 4.74 Å². The third-order valence-electron chi connectivity index (χ3n) is 4.92. The summed E-state index contributed by atoms with van der Waals surface area (Å²) in [5, 5.41) is 13.1. The molecule has 1 aliphatic heterocycles. The van der Waals surface area contributed by atoms with Gasteiger partial charge in [-0.1, -0.05) is 6.42 Å². The van der Waals surface area contributed by atoms with E-state index in [9.17, 15) is 4.79 Å². The number of aromatic nitrogens is 4. The Labute approximate surface area is 164 Å². The van der Waals surface area contributed by atoms with E-state index in [1.807, 2.05) is 45.0 Å². The van der Waals surface area contributed by atoms with E-state index in [2.05, 4.69) is 20.1 Å². The minimum absolute atomic E-state index is 0.366. The largest absolute Gasteiger partial charge is 0.443 e. The number of aryl methyl sites for hydroxylation is 1. The Morgan fingerprint density at radius 1 is 1.18 bits per heavy atom. The van der Waals surface area contributed by atoms with Gasteiger partial charge in [0.2, 0.25) is 0 Å². The molecule has 0 bridgehead atoms. The van der Waals surface area contributed by atoms with Crippen LogP contribution in [0.1, 0.15) is 51.7 Å². The summed E-state index contributed by atoms with van der Waals surface area (Å²) in [5.74, 6) is 2.07. The zero-order valence-corrected chi connectivity index (χ0v) is 16.7. The lowest BCUT2D eigenvalue weighted by atomic mass is 10.2. The Kier molecular flexibility index (Phi) is 4.83. The summed E-state index contributed by atoms with van der Waals surface area (Å²) < 4.78 is 9.26. The van der Waals surface area contributed by atoms with Crippen LogP contribution in [0.2, 0.25) is 0 Å². The third kappa shape index (κ3) is 3.88. The van der Waals surface area contributed by atoms with E-state index in [-0.39, 0.29) is 6.09 Å². The van der Waals surface area contributed by atoms with Gasteiger partial charge in [-0.25, -0.2) is 4.79 Å². The maximum atomic E-state index is 12.4. The summed E-state index contributed by atoms with van der Waals surface area (Å²) in [6.45, 7) is 7.22. The molecule has 1 aliphatic rings. The summed E-state index contributed by atoms with van der Waals surface area (Å²) in [6.07, 6.45) is 6.02. The quantitative estimate of drug-likeness (QED) is 0.730. The van der Waals surface area contributed by atoms with Crippen molar-refractivity contribution in [2.24, 2.45) is 0 Å². The number of nitrogens with zero attached hydrogens (tertiary/aromatic N) is 4. The van der Waals surface area contributed by atoms with Gasteiger partial charge >= 0.3 is 6.09 Å². The van der Waals surface area contributed by atoms with Crippen LogP contribution in [0.5, 0.6) is 0 Å². The van der Waals surface area contributed by atoms with Gasteiger partial charge in [-0.3, -0.25) is 4.57 Å². The highest BCUT2D eigenvalue weighted by Gasteiger charge is 2.19. The first-order chi connectivity index (χ1) is 13.4. The van der Waals surface area contributed by atoms with E-state index in [0.717, 1.165) is 41.2 Å².